The van der Waals surface area contributed by atoms with Crippen LogP contribution in [0.3, 0.4) is 0 Å². The van der Waals surface area contributed by atoms with Crippen LogP contribution in [0.15, 0.2) is 48.5 Å². The molecule has 0 heterocycles. The summed E-state index contributed by atoms with van der Waals surface area (Å²) in [5, 5.41) is 12.2. The maximum Gasteiger partial charge on any atom is 0.407 e. The molecule has 2 aromatic rings. The number of nitrogens with one attached hydrogen (secondary N) is 1. The van der Waals surface area contributed by atoms with Gasteiger partial charge in [0.25, 0.3) is 0 Å². The molecule has 1 fully saturated rings. The third-order valence-electron chi connectivity index (χ3n) is 7.72. The number of likely N-dealkylation sites (N-methyl/N-ethyl adjacent to an activating group) is 1. The van der Waals surface area contributed by atoms with E-state index in [0.29, 0.717) is 6.54 Å². The number of carbonyl (C=O) groups is 3. The largest absolute Gasteiger partial charge is 0.480 e. The Kier molecular flexibility index (Phi) is 7.43. The van der Waals surface area contributed by atoms with Crippen molar-refractivity contribution < 1.29 is 24.2 Å². The van der Waals surface area contributed by atoms with Gasteiger partial charge in [0.05, 0.1) is 0 Å². The number of nitrogens with zero attached hydrogens (tertiary/aromatic N) is 1. The second kappa shape index (κ2) is 10.5. The van der Waals surface area contributed by atoms with E-state index in [9.17, 15) is 19.5 Å². The SMILES string of the molecule is C[C@@H](C(=O)O)N(C)C(=O)CC1(CNC(=O)OCC2c3ccccc3-c3ccccc32)CCCCC1. The molecule has 7 nitrogen and oxygen atoms in total. The summed E-state index contributed by atoms with van der Waals surface area (Å²) in [7, 11) is 1.52. The topological polar surface area (TPSA) is 95.9 Å². The van der Waals surface area contributed by atoms with Gasteiger partial charge < -0.3 is 20.1 Å². The highest BCUT2D eigenvalue weighted by molar-refractivity contribution is 5.83. The molecule has 7 heteroatoms. The van der Waals surface area contributed by atoms with E-state index >= 15 is 0 Å². The van der Waals surface area contributed by atoms with E-state index in [1.165, 1.54) is 30.0 Å². The van der Waals surface area contributed by atoms with Gasteiger partial charge in [-0.15, -0.1) is 0 Å². The zero-order chi connectivity index (χ0) is 25.0. The highest BCUT2D eigenvalue weighted by atomic mass is 16.5. The number of rotatable bonds is 8. The molecule has 1 atom stereocenters. The van der Waals surface area contributed by atoms with Gasteiger partial charge in [-0.25, -0.2) is 9.59 Å². The lowest BCUT2D eigenvalue weighted by atomic mass is 9.71. The van der Waals surface area contributed by atoms with Crippen LogP contribution in [0.2, 0.25) is 0 Å². The summed E-state index contributed by atoms with van der Waals surface area (Å²) in [6.45, 7) is 2.08. The minimum Gasteiger partial charge on any atom is -0.480 e. The molecule has 0 radical (unpaired) electrons. The Balaban J connectivity index is 1.38. The number of hydrogen-bond donors (Lipinski definition) is 2. The maximum atomic E-state index is 12.9. The van der Waals surface area contributed by atoms with Gasteiger partial charge in [-0.1, -0.05) is 67.8 Å². The summed E-state index contributed by atoms with van der Waals surface area (Å²) in [6.07, 6.45) is 4.43. The summed E-state index contributed by atoms with van der Waals surface area (Å²) in [5.74, 6) is -1.25. The number of ether oxygens (including phenoxy) is 1. The van der Waals surface area contributed by atoms with Gasteiger partial charge in [-0.2, -0.15) is 0 Å². The molecule has 35 heavy (non-hydrogen) atoms. The summed E-state index contributed by atoms with van der Waals surface area (Å²) in [4.78, 5) is 38.2. The number of fused-ring (bicyclic) bond motifs is 3. The Labute approximate surface area is 206 Å². The van der Waals surface area contributed by atoms with E-state index in [1.807, 2.05) is 24.3 Å². The summed E-state index contributed by atoms with van der Waals surface area (Å²) >= 11 is 0. The van der Waals surface area contributed by atoms with Crippen LogP contribution >= 0.6 is 0 Å². The molecule has 2 aromatic carbocycles. The van der Waals surface area contributed by atoms with Gasteiger partial charge in [0.15, 0.2) is 0 Å². The van der Waals surface area contributed by atoms with Crippen molar-refractivity contribution in [3.05, 3.63) is 59.7 Å². The van der Waals surface area contributed by atoms with Crippen LogP contribution in [-0.4, -0.2) is 54.2 Å². The molecule has 0 aliphatic heterocycles. The lowest BCUT2D eigenvalue weighted by molar-refractivity contribution is -0.149. The van der Waals surface area contributed by atoms with Crippen molar-refractivity contribution in [1.82, 2.24) is 10.2 Å². The summed E-state index contributed by atoms with van der Waals surface area (Å²) in [6, 6.07) is 15.5. The Morgan fingerprint density at radius 2 is 1.60 bits per heavy atom. The average Bonchev–Trinajstić information content (AvgIpc) is 3.19. The van der Waals surface area contributed by atoms with Gasteiger partial charge in [0.1, 0.15) is 12.6 Å². The molecule has 0 unspecified atom stereocenters. The van der Waals surface area contributed by atoms with Gasteiger partial charge in [0.2, 0.25) is 5.91 Å². The number of benzene rings is 2. The van der Waals surface area contributed by atoms with Crippen LogP contribution in [-0.2, 0) is 14.3 Å². The molecule has 0 spiro atoms. The minimum absolute atomic E-state index is 0.00970. The van der Waals surface area contributed by atoms with Crippen LogP contribution in [0.4, 0.5) is 4.79 Å². The van der Waals surface area contributed by atoms with Gasteiger partial charge in [-0.3, -0.25) is 4.79 Å². The predicted molar refractivity (Wildman–Crippen MR) is 133 cm³/mol. The molecule has 1 saturated carbocycles. The first-order valence-electron chi connectivity index (χ1n) is 12.4. The Morgan fingerprint density at radius 3 is 2.17 bits per heavy atom. The van der Waals surface area contributed by atoms with Crippen molar-refractivity contribution in [2.45, 2.75) is 57.4 Å². The highest BCUT2D eigenvalue weighted by Crippen LogP contribution is 2.44. The molecular formula is C28H34N2O5. The molecule has 0 bridgehead atoms. The lowest BCUT2D eigenvalue weighted by Crippen LogP contribution is -2.46. The van der Waals surface area contributed by atoms with Crippen molar-refractivity contribution in [2.24, 2.45) is 5.41 Å². The third-order valence-corrected chi connectivity index (χ3v) is 7.72. The first kappa shape index (κ1) is 24.8. The number of alkyl carbamates (subject to hydrolysis) is 1. The summed E-state index contributed by atoms with van der Waals surface area (Å²) < 4.78 is 5.67. The summed E-state index contributed by atoms with van der Waals surface area (Å²) in [5.41, 5.74) is 4.29. The Bertz CT molecular complexity index is 1050. The first-order valence-corrected chi connectivity index (χ1v) is 12.4. The molecule has 0 saturated heterocycles. The van der Waals surface area contributed by atoms with Crippen molar-refractivity contribution >= 4 is 18.0 Å². The molecular weight excluding hydrogens is 444 g/mol. The van der Waals surface area contributed by atoms with E-state index in [-0.39, 0.29) is 30.3 Å². The second-order valence-corrected chi connectivity index (χ2v) is 9.94. The lowest BCUT2D eigenvalue weighted by Gasteiger charge is -2.38. The Morgan fingerprint density at radius 1 is 1.03 bits per heavy atom. The quantitative estimate of drug-likeness (QED) is 0.568. The maximum absolute atomic E-state index is 12.9. The number of carboxylic acids is 1. The number of aliphatic carboxylic acids is 1. The fourth-order valence-electron chi connectivity index (χ4n) is 5.45. The first-order chi connectivity index (χ1) is 16.8. The molecule has 0 aromatic heterocycles. The highest BCUT2D eigenvalue weighted by Gasteiger charge is 2.37. The number of carbonyl (C=O) groups excluding carboxylic acids is 2. The van der Waals surface area contributed by atoms with Crippen LogP contribution in [0.25, 0.3) is 11.1 Å². The fourth-order valence-corrected chi connectivity index (χ4v) is 5.45. The number of carboxylic acid groups (broad SMARTS) is 1. The van der Waals surface area contributed by atoms with E-state index in [2.05, 4.69) is 29.6 Å². The van der Waals surface area contributed by atoms with E-state index in [4.69, 9.17) is 4.74 Å². The van der Waals surface area contributed by atoms with Gasteiger partial charge in [0, 0.05) is 25.9 Å². The van der Waals surface area contributed by atoms with Crippen LogP contribution < -0.4 is 5.32 Å². The standard InChI is InChI=1S/C28H34N2O5/c1-19(26(32)33)30(2)25(31)16-28(14-8-3-9-15-28)18-29-27(34)35-17-24-22-12-6-4-10-20(22)21-11-5-7-13-23(21)24/h4-7,10-13,19,24H,3,8-9,14-18H2,1-2H3,(H,29,34)(H,32,33)/t19-/m0/s1. The van der Waals surface area contributed by atoms with Gasteiger partial charge in [-0.05, 0) is 47.4 Å². The van der Waals surface area contributed by atoms with Crippen molar-refractivity contribution in [2.75, 3.05) is 20.2 Å². The fraction of sp³-hybridized carbons (Fsp3) is 0.464. The molecule has 2 aliphatic rings. The Hall–Kier alpha value is -3.35. The smallest absolute Gasteiger partial charge is 0.407 e. The van der Waals surface area contributed by atoms with Crippen LogP contribution in [0.5, 0.6) is 0 Å². The molecule has 2 N–H and O–H groups in total. The molecule has 2 amide bonds. The van der Waals surface area contributed by atoms with Crippen molar-refractivity contribution in [3.8, 4) is 11.1 Å². The third kappa shape index (κ3) is 5.34. The minimum atomic E-state index is -1.03. The second-order valence-electron chi connectivity index (χ2n) is 9.94. The molecule has 186 valence electrons. The zero-order valence-electron chi connectivity index (χ0n) is 20.5. The number of amides is 2. The van der Waals surface area contributed by atoms with E-state index < -0.39 is 18.1 Å². The average molecular weight is 479 g/mol. The van der Waals surface area contributed by atoms with Crippen molar-refractivity contribution in [3.63, 3.8) is 0 Å². The zero-order valence-corrected chi connectivity index (χ0v) is 20.5. The van der Waals surface area contributed by atoms with E-state index in [0.717, 1.165) is 43.2 Å². The van der Waals surface area contributed by atoms with Crippen LogP contribution in [0, 0.1) is 5.41 Å². The number of hydrogen-bond acceptors (Lipinski definition) is 4. The monoisotopic (exact) mass is 478 g/mol. The van der Waals surface area contributed by atoms with Crippen LogP contribution in [0.1, 0.15) is 62.5 Å². The molecule has 2 aliphatic carbocycles. The molecule has 4 rings (SSSR count). The van der Waals surface area contributed by atoms with Crippen molar-refractivity contribution in [1.29, 1.82) is 0 Å². The van der Waals surface area contributed by atoms with E-state index in [1.54, 1.807) is 0 Å². The normalized spacial score (nSPS) is 17.1. The van der Waals surface area contributed by atoms with Gasteiger partial charge >= 0.3 is 12.1 Å². The predicted octanol–water partition coefficient (Wildman–Crippen LogP) is 4.80.